The van der Waals surface area contributed by atoms with Gasteiger partial charge in [-0.15, -0.1) is 0 Å². The Morgan fingerprint density at radius 2 is 2.20 bits per heavy atom. The lowest BCUT2D eigenvalue weighted by atomic mass is 9.87. The Morgan fingerprint density at radius 3 is 2.95 bits per heavy atom. The van der Waals surface area contributed by atoms with Crippen molar-refractivity contribution in [1.29, 1.82) is 0 Å². The van der Waals surface area contributed by atoms with Crippen LogP contribution < -0.4 is 15.8 Å². The molecule has 1 fully saturated rings. The molecule has 0 saturated heterocycles. The summed E-state index contributed by atoms with van der Waals surface area (Å²) in [4.78, 5) is 0. The van der Waals surface area contributed by atoms with Gasteiger partial charge in [-0.3, -0.25) is 0 Å². The van der Waals surface area contributed by atoms with Gasteiger partial charge < -0.3 is 20.9 Å². The second-order valence-electron chi connectivity index (χ2n) is 5.71. The molecule has 0 amide bonds. The van der Waals surface area contributed by atoms with Crippen LogP contribution in [0.25, 0.3) is 0 Å². The number of hydrogen-bond donors (Lipinski definition) is 3. The number of benzene rings is 1. The number of ether oxygens (including phenoxy) is 1. The summed E-state index contributed by atoms with van der Waals surface area (Å²) in [5.74, 6) is 1.36. The molecule has 112 valence electrons. The third-order valence-corrected chi connectivity index (χ3v) is 3.75. The molecule has 1 saturated carbocycles. The van der Waals surface area contributed by atoms with E-state index in [4.69, 9.17) is 10.5 Å². The molecule has 2 atom stereocenters. The summed E-state index contributed by atoms with van der Waals surface area (Å²) in [5, 5.41) is 13.1. The van der Waals surface area contributed by atoms with Crippen LogP contribution in [-0.2, 0) is 0 Å². The second-order valence-corrected chi connectivity index (χ2v) is 5.71. The Morgan fingerprint density at radius 1 is 1.35 bits per heavy atom. The van der Waals surface area contributed by atoms with Crippen LogP contribution in [0, 0.1) is 5.92 Å². The third-order valence-electron chi connectivity index (χ3n) is 3.75. The second kappa shape index (κ2) is 7.39. The van der Waals surface area contributed by atoms with Crippen LogP contribution >= 0.6 is 0 Å². The van der Waals surface area contributed by atoms with Crippen LogP contribution in [0.1, 0.15) is 39.0 Å². The summed E-state index contributed by atoms with van der Waals surface area (Å²) in [7, 11) is 0. The van der Waals surface area contributed by atoms with Gasteiger partial charge in [-0.1, -0.05) is 13.3 Å². The molecule has 1 aromatic carbocycles. The van der Waals surface area contributed by atoms with Crippen LogP contribution in [0.15, 0.2) is 18.2 Å². The molecule has 1 aliphatic rings. The van der Waals surface area contributed by atoms with Crippen molar-refractivity contribution in [3.63, 3.8) is 0 Å². The molecule has 20 heavy (non-hydrogen) atoms. The van der Waals surface area contributed by atoms with Crippen molar-refractivity contribution in [2.24, 2.45) is 5.92 Å². The Balaban J connectivity index is 1.89. The maximum Gasteiger partial charge on any atom is 0.123 e. The lowest BCUT2D eigenvalue weighted by Gasteiger charge is -2.26. The van der Waals surface area contributed by atoms with E-state index in [1.807, 2.05) is 18.2 Å². The minimum absolute atomic E-state index is 0.125. The average Bonchev–Trinajstić information content (AvgIpc) is 2.42. The molecule has 1 aliphatic carbocycles. The molecular formula is C16H26N2O2. The molecular weight excluding hydrogens is 252 g/mol. The molecule has 0 bridgehead atoms. The zero-order valence-electron chi connectivity index (χ0n) is 12.3. The van der Waals surface area contributed by atoms with E-state index in [2.05, 4.69) is 12.2 Å². The van der Waals surface area contributed by atoms with Gasteiger partial charge in [-0.25, -0.2) is 0 Å². The number of nitrogens with two attached hydrogens (primary N) is 1. The first-order valence-corrected chi connectivity index (χ1v) is 7.62. The third kappa shape index (κ3) is 4.60. The van der Waals surface area contributed by atoms with Crippen molar-refractivity contribution in [2.75, 3.05) is 24.2 Å². The Bertz CT molecular complexity index is 423. The van der Waals surface area contributed by atoms with Crippen LogP contribution in [0.2, 0.25) is 0 Å². The van der Waals surface area contributed by atoms with E-state index in [-0.39, 0.29) is 6.10 Å². The highest BCUT2D eigenvalue weighted by molar-refractivity contribution is 5.59. The standard InChI is InChI=1S/C16H26N2O2/c1-2-6-20-16-9-13(17)8-14(10-16)18-11-12-4-3-5-15(19)7-12/h8-10,12,15,18-19H,2-7,11,17H2,1H3. The number of nitrogens with one attached hydrogen (secondary N) is 1. The van der Waals surface area contributed by atoms with Crippen LogP contribution in [-0.4, -0.2) is 24.4 Å². The topological polar surface area (TPSA) is 67.5 Å². The zero-order chi connectivity index (χ0) is 14.4. The molecule has 4 N–H and O–H groups in total. The van der Waals surface area contributed by atoms with E-state index in [1.165, 1.54) is 6.42 Å². The van der Waals surface area contributed by atoms with Crippen molar-refractivity contribution in [3.8, 4) is 5.75 Å². The monoisotopic (exact) mass is 278 g/mol. The van der Waals surface area contributed by atoms with E-state index in [0.717, 1.165) is 43.7 Å². The Kier molecular flexibility index (Phi) is 5.53. The van der Waals surface area contributed by atoms with Gasteiger partial charge >= 0.3 is 0 Å². The number of anilines is 2. The van der Waals surface area contributed by atoms with Gasteiger partial charge in [-0.05, 0) is 37.7 Å². The first-order valence-electron chi connectivity index (χ1n) is 7.62. The van der Waals surface area contributed by atoms with Crippen LogP contribution in [0.5, 0.6) is 5.75 Å². The summed E-state index contributed by atoms with van der Waals surface area (Å²) in [6, 6.07) is 5.77. The first-order chi connectivity index (χ1) is 9.67. The fourth-order valence-corrected chi connectivity index (χ4v) is 2.74. The Labute approximate surface area is 121 Å². The van der Waals surface area contributed by atoms with Gasteiger partial charge in [0.1, 0.15) is 5.75 Å². The molecule has 0 spiro atoms. The maximum absolute atomic E-state index is 9.69. The van der Waals surface area contributed by atoms with Crippen molar-refractivity contribution < 1.29 is 9.84 Å². The maximum atomic E-state index is 9.69. The number of aliphatic hydroxyl groups is 1. The largest absolute Gasteiger partial charge is 0.493 e. The molecule has 2 unspecified atom stereocenters. The molecule has 0 aliphatic heterocycles. The molecule has 0 heterocycles. The summed E-state index contributed by atoms with van der Waals surface area (Å²) in [5.41, 5.74) is 7.61. The summed E-state index contributed by atoms with van der Waals surface area (Å²) >= 11 is 0. The molecule has 4 heteroatoms. The van der Waals surface area contributed by atoms with Gasteiger partial charge in [0.05, 0.1) is 12.7 Å². The fourth-order valence-electron chi connectivity index (χ4n) is 2.74. The zero-order valence-corrected chi connectivity index (χ0v) is 12.3. The summed E-state index contributed by atoms with van der Waals surface area (Å²) < 4.78 is 5.63. The van der Waals surface area contributed by atoms with Crippen molar-refractivity contribution in [3.05, 3.63) is 18.2 Å². The van der Waals surface area contributed by atoms with Crippen molar-refractivity contribution in [1.82, 2.24) is 0 Å². The van der Waals surface area contributed by atoms with Crippen molar-refractivity contribution in [2.45, 2.75) is 45.1 Å². The van der Waals surface area contributed by atoms with Gasteiger partial charge in [0, 0.05) is 30.1 Å². The first kappa shape index (κ1) is 15.0. The number of aliphatic hydroxyl groups excluding tert-OH is 1. The van der Waals surface area contributed by atoms with E-state index >= 15 is 0 Å². The predicted molar refractivity (Wildman–Crippen MR) is 83.1 cm³/mol. The number of hydrogen-bond acceptors (Lipinski definition) is 4. The molecule has 2 rings (SSSR count). The molecule has 1 aromatic rings. The molecule has 0 aromatic heterocycles. The average molecular weight is 278 g/mol. The minimum atomic E-state index is -0.125. The quantitative estimate of drug-likeness (QED) is 0.700. The van der Waals surface area contributed by atoms with E-state index in [0.29, 0.717) is 18.2 Å². The number of nitrogen functional groups attached to an aromatic ring is 1. The van der Waals surface area contributed by atoms with Gasteiger partial charge in [-0.2, -0.15) is 0 Å². The normalized spacial score (nSPS) is 22.5. The highest BCUT2D eigenvalue weighted by Gasteiger charge is 2.19. The highest BCUT2D eigenvalue weighted by atomic mass is 16.5. The van der Waals surface area contributed by atoms with Gasteiger partial charge in [0.15, 0.2) is 0 Å². The molecule has 4 nitrogen and oxygen atoms in total. The highest BCUT2D eigenvalue weighted by Crippen LogP contribution is 2.26. The predicted octanol–water partition coefficient (Wildman–Crippen LogP) is 3.02. The Hall–Kier alpha value is -1.42. The smallest absolute Gasteiger partial charge is 0.123 e. The lowest BCUT2D eigenvalue weighted by Crippen LogP contribution is -2.25. The van der Waals surface area contributed by atoms with Gasteiger partial charge in [0.25, 0.3) is 0 Å². The van der Waals surface area contributed by atoms with E-state index in [9.17, 15) is 5.11 Å². The minimum Gasteiger partial charge on any atom is -0.493 e. The SMILES string of the molecule is CCCOc1cc(N)cc(NCC2CCCC(O)C2)c1. The van der Waals surface area contributed by atoms with E-state index in [1.54, 1.807) is 0 Å². The fraction of sp³-hybridized carbons (Fsp3) is 0.625. The lowest BCUT2D eigenvalue weighted by molar-refractivity contribution is 0.105. The van der Waals surface area contributed by atoms with Gasteiger partial charge in [0.2, 0.25) is 0 Å². The molecule has 0 radical (unpaired) electrons. The number of rotatable bonds is 6. The van der Waals surface area contributed by atoms with Crippen LogP contribution in [0.4, 0.5) is 11.4 Å². The van der Waals surface area contributed by atoms with Crippen LogP contribution in [0.3, 0.4) is 0 Å². The summed E-state index contributed by atoms with van der Waals surface area (Å²) in [6.45, 7) is 3.67. The summed E-state index contributed by atoms with van der Waals surface area (Å²) in [6.07, 6.45) is 5.01. The van der Waals surface area contributed by atoms with Crippen molar-refractivity contribution >= 4 is 11.4 Å². The van der Waals surface area contributed by atoms with E-state index < -0.39 is 0 Å².